The molecule has 0 radical (unpaired) electrons. The fourth-order valence-electron chi connectivity index (χ4n) is 10.7. The van der Waals surface area contributed by atoms with Crippen molar-refractivity contribution in [3.8, 4) is 0 Å². The van der Waals surface area contributed by atoms with E-state index in [1.165, 1.54) is 44.9 Å². The number of urea groups is 2. The minimum absolute atomic E-state index is 0.0463. The van der Waals surface area contributed by atoms with E-state index in [-0.39, 0.29) is 30.1 Å². The van der Waals surface area contributed by atoms with E-state index >= 15 is 0 Å². The van der Waals surface area contributed by atoms with Gasteiger partial charge in [0, 0.05) is 44.1 Å². The summed E-state index contributed by atoms with van der Waals surface area (Å²) in [7, 11) is 1.82. The first-order valence-electron chi connectivity index (χ1n) is 21.1. The number of benzene rings is 3. The second-order valence-corrected chi connectivity index (χ2v) is 17.3. The van der Waals surface area contributed by atoms with Crippen LogP contribution in [0.15, 0.2) is 91.0 Å². The Morgan fingerprint density at radius 3 is 1.98 bits per heavy atom. The molecular weight excluding hydrogens is 685 g/mol. The largest absolute Gasteiger partial charge is 0.354 e. The van der Waals surface area contributed by atoms with Crippen molar-refractivity contribution in [3.63, 3.8) is 0 Å². The van der Waals surface area contributed by atoms with Gasteiger partial charge in [0.2, 0.25) is 5.91 Å². The summed E-state index contributed by atoms with van der Waals surface area (Å²) in [5.74, 6) is 2.81. The summed E-state index contributed by atoms with van der Waals surface area (Å²) < 4.78 is 0. The first kappa shape index (κ1) is 38.9. The zero-order valence-electron chi connectivity index (χ0n) is 32.8. The van der Waals surface area contributed by atoms with E-state index in [0.717, 1.165) is 73.5 Å². The van der Waals surface area contributed by atoms with Crippen molar-refractivity contribution in [1.82, 2.24) is 20.0 Å². The van der Waals surface area contributed by atoms with Crippen LogP contribution in [0.4, 0.5) is 21.0 Å². The van der Waals surface area contributed by atoms with Crippen molar-refractivity contribution in [2.45, 2.75) is 95.6 Å². The molecule has 5 aliphatic rings. The number of carbonyl (C=O) groups excluding carboxylic acids is 3. The fraction of sp³-hybridized carbons (Fsp3) is 0.543. The molecule has 3 aromatic carbocycles. The van der Waals surface area contributed by atoms with Crippen LogP contribution in [-0.4, -0.2) is 84.5 Å². The average molecular weight is 747 g/mol. The Balaban J connectivity index is 1.03. The highest BCUT2D eigenvalue weighted by atomic mass is 16.2. The molecule has 9 nitrogen and oxygen atoms in total. The van der Waals surface area contributed by atoms with E-state index in [2.05, 4.69) is 20.9 Å². The third-order valence-electron chi connectivity index (χ3n) is 13.1. The van der Waals surface area contributed by atoms with Crippen LogP contribution in [0.3, 0.4) is 0 Å². The third-order valence-corrected chi connectivity index (χ3v) is 13.1. The number of para-hydroxylation sites is 2. The van der Waals surface area contributed by atoms with Gasteiger partial charge in [-0.15, -0.1) is 0 Å². The van der Waals surface area contributed by atoms with E-state index in [9.17, 15) is 14.4 Å². The monoisotopic (exact) mass is 746 g/mol. The van der Waals surface area contributed by atoms with Crippen LogP contribution in [0.5, 0.6) is 0 Å². The minimum atomic E-state index is -0.211. The quantitative estimate of drug-likeness (QED) is 0.121. The molecule has 8 rings (SSSR count). The van der Waals surface area contributed by atoms with Gasteiger partial charge in [-0.05, 0) is 143 Å². The summed E-state index contributed by atoms with van der Waals surface area (Å²) in [6.45, 7) is 3.78. The van der Waals surface area contributed by atoms with Crippen molar-refractivity contribution < 1.29 is 14.4 Å². The normalized spacial score (nSPS) is 24.6. The molecule has 55 heavy (non-hydrogen) atoms. The summed E-state index contributed by atoms with van der Waals surface area (Å²) in [6.07, 6.45) is 14.8. The average Bonchev–Trinajstić information content (AvgIpc) is 3.63. The Bertz CT molecular complexity index is 1650. The number of amides is 5. The second kappa shape index (κ2) is 18.5. The van der Waals surface area contributed by atoms with Gasteiger partial charge >= 0.3 is 12.1 Å². The molecule has 4 aliphatic carbocycles. The van der Waals surface area contributed by atoms with Crippen LogP contribution < -0.4 is 16.0 Å². The molecule has 1 aliphatic heterocycles. The van der Waals surface area contributed by atoms with Crippen molar-refractivity contribution >= 4 is 29.3 Å². The van der Waals surface area contributed by atoms with Gasteiger partial charge in [-0.3, -0.25) is 9.69 Å². The maximum atomic E-state index is 14.4. The minimum Gasteiger partial charge on any atom is -0.354 e. The Labute approximate surface area is 328 Å². The van der Waals surface area contributed by atoms with E-state index in [1.54, 1.807) is 4.90 Å². The van der Waals surface area contributed by atoms with Crippen molar-refractivity contribution in [3.05, 3.63) is 96.6 Å². The number of anilines is 2. The van der Waals surface area contributed by atoms with Crippen molar-refractivity contribution in [2.24, 2.45) is 23.2 Å². The highest BCUT2D eigenvalue weighted by molar-refractivity contribution is 5.90. The fourth-order valence-corrected chi connectivity index (χ4v) is 10.7. The lowest BCUT2D eigenvalue weighted by Crippen LogP contribution is -2.53. The second-order valence-electron chi connectivity index (χ2n) is 17.3. The number of hydrogen-bond acceptors (Lipinski definition) is 4. The van der Waals surface area contributed by atoms with Gasteiger partial charge in [-0.2, -0.15) is 0 Å². The van der Waals surface area contributed by atoms with Crippen LogP contribution in [0.1, 0.15) is 82.6 Å². The summed E-state index contributed by atoms with van der Waals surface area (Å²) in [5.41, 5.74) is 3.03. The molecule has 5 amide bonds. The standard InChI is InChI=1S/C46H62N6O3/c1-50(44(54)48-39-16-7-3-8-17-39)23-12-11-20-41(33-47-43(53)29-35-14-5-2-6-15-35)52(45(55)49-40-18-9-4-10-19-40)34-42-21-13-24-51(42)25-22-46-30-36-26-37(31-46)28-38(27-36)32-46/h2-10,14-19,36-38,41-42H,11-13,20-34H2,1H3,(H,47,53)(H,48,54)(H,49,55)/t36?,37?,38?,41-,42-,46?/m1/s1. The lowest BCUT2D eigenvalue weighted by Gasteiger charge is -2.57. The van der Waals surface area contributed by atoms with Gasteiger partial charge in [0.15, 0.2) is 0 Å². The summed E-state index contributed by atoms with van der Waals surface area (Å²) >= 11 is 0. The van der Waals surface area contributed by atoms with Gasteiger partial charge in [0.05, 0.1) is 12.5 Å². The van der Waals surface area contributed by atoms with Gasteiger partial charge in [0.25, 0.3) is 0 Å². The summed E-state index contributed by atoms with van der Waals surface area (Å²) in [5, 5.41) is 9.38. The molecule has 4 bridgehead atoms. The number of rotatable bonds is 17. The Morgan fingerprint density at radius 1 is 0.782 bits per heavy atom. The molecular formula is C46H62N6O3. The Morgan fingerprint density at radius 2 is 1.36 bits per heavy atom. The zero-order chi connectivity index (χ0) is 38.0. The molecule has 1 heterocycles. The van der Waals surface area contributed by atoms with E-state index in [4.69, 9.17) is 0 Å². The smallest absolute Gasteiger partial charge is 0.322 e. The predicted molar refractivity (Wildman–Crippen MR) is 221 cm³/mol. The molecule has 3 N–H and O–H groups in total. The highest BCUT2D eigenvalue weighted by Crippen LogP contribution is 2.61. The predicted octanol–water partition coefficient (Wildman–Crippen LogP) is 8.65. The van der Waals surface area contributed by atoms with E-state index < -0.39 is 0 Å². The third kappa shape index (κ3) is 10.7. The first-order valence-corrected chi connectivity index (χ1v) is 21.1. The lowest BCUT2D eigenvalue weighted by atomic mass is 9.49. The number of likely N-dealkylation sites (tertiary alicyclic amines) is 1. The van der Waals surface area contributed by atoms with Gasteiger partial charge < -0.3 is 25.8 Å². The number of nitrogens with zero attached hydrogens (tertiary/aromatic N) is 3. The molecule has 0 aromatic heterocycles. The molecule has 3 aromatic rings. The topological polar surface area (TPSA) is 97.0 Å². The maximum absolute atomic E-state index is 14.4. The van der Waals surface area contributed by atoms with Crippen LogP contribution in [0.25, 0.3) is 0 Å². The molecule has 4 saturated carbocycles. The number of nitrogens with one attached hydrogen (secondary N) is 3. The van der Waals surface area contributed by atoms with E-state index in [0.29, 0.717) is 37.9 Å². The molecule has 0 unspecified atom stereocenters. The Kier molecular flexibility index (Phi) is 13.1. The zero-order valence-corrected chi connectivity index (χ0v) is 32.8. The van der Waals surface area contributed by atoms with Gasteiger partial charge in [-0.1, -0.05) is 66.7 Å². The van der Waals surface area contributed by atoms with Crippen molar-refractivity contribution in [1.29, 1.82) is 0 Å². The molecule has 5 fully saturated rings. The first-order chi connectivity index (χ1) is 26.8. The molecule has 0 spiro atoms. The van der Waals surface area contributed by atoms with Crippen molar-refractivity contribution in [2.75, 3.05) is 50.4 Å². The molecule has 9 heteroatoms. The van der Waals surface area contributed by atoms with Gasteiger partial charge in [0.1, 0.15) is 0 Å². The molecule has 2 atom stereocenters. The maximum Gasteiger partial charge on any atom is 0.322 e. The SMILES string of the molecule is CN(CCCC[C@H](CNC(=O)Cc1ccccc1)N(C[C@H]1CCCN1CCC12CC3CC(CC(C3)C1)C2)C(=O)Nc1ccccc1)C(=O)Nc1ccccc1. The van der Waals surface area contributed by atoms with Crippen LogP contribution >= 0.6 is 0 Å². The van der Waals surface area contributed by atoms with Crippen LogP contribution in [0.2, 0.25) is 0 Å². The van der Waals surface area contributed by atoms with Gasteiger partial charge in [-0.25, -0.2) is 9.59 Å². The summed E-state index contributed by atoms with van der Waals surface area (Å²) in [4.78, 5) is 47.0. The number of carbonyl (C=O) groups is 3. The van der Waals surface area contributed by atoms with E-state index in [1.807, 2.05) is 103 Å². The molecule has 294 valence electrons. The number of hydrogen-bond donors (Lipinski definition) is 3. The number of unbranched alkanes of at least 4 members (excludes halogenated alkanes) is 1. The Hall–Kier alpha value is -4.37. The summed E-state index contributed by atoms with van der Waals surface area (Å²) in [6, 6.07) is 28.8. The molecule has 1 saturated heterocycles. The lowest BCUT2D eigenvalue weighted by molar-refractivity contribution is -0.120. The highest BCUT2D eigenvalue weighted by Gasteiger charge is 2.50. The van der Waals surface area contributed by atoms with Crippen LogP contribution in [0, 0.1) is 23.2 Å². The van der Waals surface area contributed by atoms with Crippen LogP contribution in [-0.2, 0) is 11.2 Å².